The normalized spacial score (nSPS) is 16.6. The Bertz CT molecular complexity index is 1060. The van der Waals surface area contributed by atoms with Crippen LogP contribution in [0.5, 0.6) is 0 Å². The number of carbonyl (C=O) groups is 1. The summed E-state index contributed by atoms with van der Waals surface area (Å²) in [5.74, 6) is -0.530. The van der Waals surface area contributed by atoms with E-state index in [4.69, 9.17) is 11.6 Å². The molecule has 2 aromatic carbocycles. The average Bonchev–Trinajstić information content (AvgIpc) is 2.89. The van der Waals surface area contributed by atoms with Crippen LogP contribution in [0.25, 0.3) is 0 Å². The van der Waals surface area contributed by atoms with Crippen LogP contribution in [0.4, 0.5) is 32.0 Å². The van der Waals surface area contributed by atoms with Crippen LogP contribution in [0.3, 0.4) is 0 Å². The van der Waals surface area contributed by atoms with Crippen LogP contribution >= 0.6 is 11.6 Å². The van der Waals surface area contributed by atoms with Gasteiger partial charge in [-0.05, 0) is 54.3 Å². The van der Waals surface area contributed by atoms with Crippen molar-refractivity contribution in [2.45, 2.75) is 44.7 Å². The Hall–Kier alpha value is -2.93. The number of alkyl halides is 6. The van der Waals surface area contributed by atoms with E-state index in [9.17, 15) is 36.4 Å². The summed E-state index contributed by atoms with van der Waals surface area (Å²) in [5.41, 5.74) is -2.21. The summed E-state index contributed by atoms with van der Waals surface area (Å²) in [6, 6.07) is 5.33. The Morgan fingerprint density at radius 3 is 2.24 bits per heavy atom. The highest BCUT2D eigenvalue weighted by molar-refractivity contribution is 6.30. The third-order valence-electron chi connectivity index (χ3n) is 5.40. The van der Waals surface area contributed by atoms with E-state index in [1.54, 1.807) is 18.2 Å². The van der Waals surface area contributed by atoms with Crippen molar-refractivity contribution < 1.29 is 31.1 Å². The van der Waals surface area contributed by atoms with Crippen LogP contribution < -0.4 is 4.90 Å². The molecule has 1 unspecified atom stereocenters. The zero-order valence-corrected chi connectivity index (χ0v) is 18.0. The fourth-order valence-electron chi connectivity index (χ4n) is 3.93. The first-order valence-electron chi connectivity index (χ1n) is 9.83. The summed E-state index contributed by atoms with van der Waals surface area (Å²) in [5, 5.41) is 9.82. The van der Waals surface area contributed by atoms with Gasteiger partial charge in [0, 0.05) is 25.0 Å². The summed E-state index contributed by atoms with van der Waals surface area (Å²) in [6.07, 6.45) is -7.12. The van der Waals surface area contributed by atoms with E-state index in [2.05, 4.69) is 0 Å². The number of nitrogens with zero attached hydrogens (tertiary/aromatic N) is 3. The molecular weight excluding hydrogens is 472 g/mol. The smallest absolute Gasteiger partial charge is 0.331 e. The first-order chi connectivity index (χ1) is 15.3. The number of fused-ring (bicyclic) bond motifs is 1. The van der Waals surface area contributed by atoms with Gasteiger partial charge in [-0.25, -0.2) is 0 Å². The van der Waals surface area contributed by atoms with Gasteiger partial charge in [-0.1, -0.05) is 17.7 Å². The van der Waals surface area contributed by atoms with Gasteiger partial charge in [0.15, 0.2) is 6.19 Å². The summed E-state index contributed by atoms with van der Waals surface area (Å²) in [6.45, 7) is 1.05. The predicted molar refractivity (Wildman–Crippen MR) is 109 cm³/mol. The lowest BCUT2D eigenvalue weighted by Gasteiger charge is -2.32. The summed E-state index contributed by atoms with van der Waals surface area (Å²) < 4.78 is 79.6. The lowest BCUT2D eigenvalue weighted by Crippen LogP contribution is -2.33. The summed E-state index contributed by atoms with van der Waals surface area (Å²) in [4.78, 5) is 15.1. The molecule has 0 N–H and O–H groups in total. The van der Waals surface area contributed by atoms with Crippen molar-refractivity contribution >= 4 is 23.2 Å². The Morgan fingerprint density at radius 2 is 1.73 bits per heavy atom. The van der Waals surface area contributed by atoms with Crippen LogP contribution in [0.15, 0.2) is 36.4 Å². The minimum Gasteiger partial charge on any atom is -0.331 e. The molecule has 4 nitrogen and oxygen atoms in total. The fourth-order valence-corrected chi connectivity index (χ4v) is 4.09. The van der Waals surface area contributed by atoms with Gasteiger partial charge in [0.25, 0.3) is 0 Å². The molecule has 0 saturated heterocycles. The molecular formula is C22H18ClF6N3O. The number of carbonyl (C=O) groups excluding carboxylic acids is 1. The molecule has 0 spiro atoms. The van der Waals surface area contributed by atoms with Crippen molar-refractivity contribution in [2.24, 2.45) is 0 Å². The number of halogens is 7. The van der Waals surface area contributed by atoms with Gasteiger partial charge in [0.1, 0.15) is 0 Å². The molecule has 2 aromatic rings. The number of rotatable bonds is 3. The monoisotopic (exact) mass is 489 g/mol. The number of nitriles is 1. The van der Waals surface area contributed by atoms with E-state index >= 15 is 0 Å². The molecule has 1 aliphatic heterocycles. The number of amides is 1. The fraction of sp³-hybridized carbons (Fsp3) is 0.364. The third-order valence-corrected chi connectivity index (χ3v) is 5.64. The Balaban J connectivity index is 2.08. The second-order valence-electron chi connectivity index (χ2n) is 7.67. The molecule has 176 valence electrons. The topological polar surface area (TPSA) is 47.3 Å². The van der Waals surface area contributed by atoms with Crippen molar-refractivity contribution in [2.75, 3.05) is 11.4 Å². The highest BCUT2D eigenvalue weighted by Crippen LogP contribution is 2.40. The number of benzene rings is 2. The van der Waals surface area contributed by atoms with Crippen LogP contribution in [-0.2, 0) is 23.7 Å². The molecule has 0 bridgehead atoms. The van der Waals surface area contributed by atoms with E-state index in [1.807, 2.05) is 6.19 Å². The quantitative estimate of drug-likeness (QED) is 0.363. The first-order valence-corrected chi connectivity index (χ1v) is 10.2. The maximum absolute atomic E-state index is 13.3. The van der Waals surface area contributed by atoms with Gasteiger partial charge in [0.05, 0.1) is 22.9 Å². The number of hydrogen-bond donors (Lipinski definition) is 0. The van der Waals surface area contributed by atoms with Crippen molar-refractivity contribution in [3.8, 4) is 6.19 Å². The van der Waals surface area contributed by atoms with Crippen molar-refractivity contribution in [3.63, 3.8) is 0 Å². The standard InChI is InChI=1S/C22H18ClF6N3O/c1-13(33)32(11-14-7-15(21(24,25)26)9-16(8-14)22(27,28)29)19-3-2-6-31(12-30)20-10-17(23)4-5-18(19)20/h4-5,7-10,19H,2-3,6,11H2,1H3. The second-order valence-corrected chi connectivity index (χ2v) is 8.11. The predicted octanol–water partition coefficient (Wildman–Crippen LogP) is 6.55. The van der Waals surface area contributed by atoms with Gasteiger partial charge < -0.3 is 4.90 Å². The van der Waals surface area contributed by atoms with Crippen LogP contribution in [-0.4, -0.2) is 17.4 Å². The molecule has 33 heavy (non-hydrogen) atoms. The SMILES string of the molecule is CC(=O)N(Cc1cc(C(F)(F)F)cc(C(F)(F)F)c1)C1CCCN(C#N)c2cc(Cl)ccc21. The highest BCUT2D eigenvalue weighted by atomic mass is 35.5. The number of hydrogen-bond acceptors (Lipinski definition) is 3. The van der Waals surface area contributed by atoms with E-state index < -0.39 is 42.0 Å². The Labute approximate surface area is 191 Å². The Morgan fingerprint density at radius 1 is 1.12 bits per heavy atom. The molecule has 0 radical (unpaired) electrons. The molecule has 0 saturated carbocycles. The van der Waals surface area contributed by atoms with Crippen LogP contribution in [0.2, 0.25) is 5.02 Å². The first kappa shape index (κ1) is 24.7. The molecule has 0 aliphatic carbocycles. The molecule has 3 rings (SSSR count). The van der Waals surface area contributed by atoms with Gasteiger partial charge >= 0.3 is 12.4 Å². The van der Waals surface area contributed by atoms with Crippen molar-refractivity contribution in [1.29, 1.82) is 5.26 Å². The zero-order valence-electron chi connectivity index (χ0n) is 17.3. The molecule has 1 amide bonds. The summed E-state index contributed by atoms with van der Waals surface area (Å²) in [7, 11) is 0. The average molecular weight is 490 g/mol. The molecule has 0 aromatic heterocycles. The van der Waals surface area contributed by atoms with E-state index in [-0.39, 0.29) is 11.6 Å². The van der Waals surface area contributed by atoms with E-state index in [0.717, 1.165) is 0 Å². The molecule has 11 heteroatoms. The Kier molecular flexibility index (Phi) is 6.84. The molecule has 1 aliphatic rings. The highest BCUT2D eigenvalue weighted by Gasteiger charge is 2.37. The van der Waals surface area contributed by atoms with Gasteiger partial charge in [-0.15, -0.1) is 0 Å². The minimum atomic E-state index is -4.99. The molecule has 1 heterocycles. The lowest BCUT2D eigenvalue weighted by atomic mass is 9.98. The van der Waals surface area contributed by atoms with Crippen molar-refractivity contribution in [3.05, 3.63) is 63.7 Å². The maximum Gasteiger partial charge on any atom is 0.416 e. The van der Waals surface area contributed by atoms with E-state index in [1.165, 1.54) is 16.7 Å². The van der Waals surface area contributed by atoms with E-state index in [0.29, 0.717) is 47.8 Å². The summed E-state index contributed by atoms with van der Waals surface area (Å²) >= 11 is 6.06. The molecule has 1 atom stereocenters. The van der Waals surface area contributed by atoms with Gasteiger partial charge in [-0.3, -0.25) is 9.69 Å². The largest absolute Gasteiger partial charge is 0.416 e. The van der Waals surface area contributed by atoms with Gasteiger partial charge in [-0.2, -0.15) is 31.6 Å². The lowest BCUT2D eigenvalue weighted by molar-refractivity contribution is -0.143. The molecule has 0 fully saturated rings. The maximum atomic E-state index is 13.3. The van der Waals surface area contributed by atoms with Gasteiger partial charge in [0.2, 0.25) is 5.91 Å². The third kappa shape index (κ3) is 5.53. The minimum absolute atomic E-state index is 0.0509. The van der Waals surface area contributed by atoms with Crippen LogP contribution in [0, 0.1) is 11.5 Å². The second kappa shape index (κ2) is 9.14. The van der Waals surface area contributed by atoms with Crippen molar-refractivity contribution in [1.82, 2.24) is 4.90 Å². The zero-order chi connectivity index (χ0) is 24.6. The number of anilines is 1. The van der Waals surface area contributed by atoms with Crippen LogP contribution in [0.1, 0.15) is 48.1 Å².